The zero-order chi connectivity index (χ0) is 21.8. The fraction of sp³-hybridized carbons (Fsp3) is 0.652. The number of nitrogens with zero attached hydrogens (tertiary/aromatic N) is 1. The van der Waals surface area contributed by atoms with Gasteiger partial charge in [-0.05, 0) is 45.2 Å². The molecule has 168 valence electrons. The van der Waals surface area contributed by atoms with Crippen LogP contribution in [0.25, 0.3) is 0 Å². The lowest BCUT2D eigenvalue weighted by Crippen LogP contribution is -2.40. The van der Waals surface area contributed by atoms with E-state index in [1.54, 1.807) is 0 Å². The molecule has 7 nitrogen and oxygen atoms in total. The monoisotopic (exact) mass is 418 g/mol. The molecular weight excluding hydrogens is 380 g/mol. The Morgan fingerprint density at radius 2 is 2.17 bits per heavy atom. The Labute approximate surface area is 181 Å². The van der Waals surface area contributed by atoms with E-state index in [0.29, 0.717) is 38.0 Å². The van der Waals surface area contributed by atoms with Crippen molar-refractivity contribution in [2.45, 2.75) is 59.5 Å². The van der Waals surface area contributed by atoms with Crippen molar-refractivity contribution in [2.75, 3.05) is 32.9 Å². The van der Waals surface area contributed by atoms with Gasteiger partial charge in [-0.3, -0.25) is 4.79 Å². The van der Waals surface area contributed by atoms with Gasteiger partial charge in [-0.25, -0.2) is 4.99 Å². The average Bonchev–Trinajstić information content (AvgIpc) is 3.24. The molecule has 2 unspecified atom stereocenters. The lowest BCUT2D eigenvalue weighted by molar-refractivity contribution is -0.121. The standard InChI is InChI=1S/C23H38N4O3/c1-5-18(4)27-22(28)9-11-25-23(24-6-2)26-14-20-8-7-17(3)13-21(20)30-16-19-10-12-29-15-19/h7-8,13,18-19H,5-6,9-12,14-16H2,1-4H3,(H,27,28)(H2,24,25,26). The first kappa shape index (κ1) is 24.0. The summed E-state index contributed by atoms with van der Waals surface area (Å²) in [6, 6.07) is 6.42. The minimum Gasteiger partial charge on any atom is -0.493 e. The average molecular weight is 419 g/mol. The molecule has 30 heavy (non-hydrogen) atoms. The fourth-order valence-electron chi connectivity index (χ4n) is 3.10. The van der Waals surface area contributed by atoms with Gasteiger partial charge in [0.2, 0.25) is 5.91 Å². The largest absolute Gasteiger partial charge is 0.493 e. The smallest absolute Gasteiger partial charge is 0.221 e. The van der Waals surface area contributed by atoms with E-state index in [1.807, 2.05) is 13.8 Å². The van der Waals surface area contributed by atoms with Crippen LogP contribution in [0.15, 0.2) is 23.2 Å². The van der Waals surface area contributed by atoms with Gasteiger partial charge in [-0.15, -0.1) is 0 Å². The van der Waals surface area contributed by atoms with Crippen LogP contribution in [0.4, 0.5) is 0 Å². The van der Waals surface area contributed by atoms with Gasteiger partial charge in [0.15, 0.2) is 5.96 Å². The van der Waals surface area contributed by atoms with Crippen molar-refractivity contribution in [1.82, 2.24) is 16.0 Å². The van der Waals surface area contributed by atoms with E-state index >= 15 is 0 Å². The summed E-state index contributed by atoms with van der Waals surface area (Å²) in [4.78, 5) is 16.6. The fourth-order valence-corrected chi connectivity index (χ4v) is 3.10. The normalized spacial score (nSPS) is 17.5. The Hall–Kier alpha value is -2.28. The van der Waals surface area contributed by atoms with Crippen LogP contribution in [0.3, 0.4) is 0 Å². The number of hydrogen-bond acceptors (Lipinski definition) is 4. The molecule has 1 saturated heterocycles. The number of rotatable bonds is 11. The molecule has 0 spiro atoms. The molecule has 2 rings (SSSR count). The minimum atomic E-state index is 0.0535. The SMILES string of the molecule is CCNC(=NCc1ccc(C)cc1OCC1CCOC1)NCCC(=O)NC(C)CC. The maximum atomic E-state index is 12.0. The molecular formula is C23H38N4O3. The molecule has 1 fully saturated rings. The summed E-state index contributed by atoms with van der Waals surface area (Å²) in [6.07, 6.45) is 2.40. The first-order valence-corrected chi connectivity index (χ1v) is 11.1. The molecule has 0 aromatic heterocycles. The Morgan fingerprint density at radius 1 is 1.33 bits per heavy atom. The second-order valence-electron chi connectivity index (χ2n) is 7.90. The van der Waals surface area contributed by atoms with Gasteiger partial charge < -0.3 is 25.4 Å². The van der Waals surface area contributed by atoms with Crippen molar-refractivity contribution in [3.63, 3.8) is 0 Å². The number of hydrogen-bond donors (Lipinski definition) is 3. The first-order chi connectivity index (χ1) is 14.5. The summed E-state index contributed by atoms with van der Waals surface area (Å²) in [5.41, 5.74) is 2.21. The molecule has 7 heteroatoms. The van der Waals surface area contributed by atoms with Crippen LogP contribution in [0, 0.1) is 12.8 Å². The molecule has 0 bridgehead atoms. The van der Waals surface area contributed by atoms with Crippen LogP contribution in [0.1, 0.15) is 51.2 Å². The summed E-state index contributed by atoms with van der Waals surface area (Å²) in [5, 5.41) is 9.46. The zero-order valence-corrected chi connectivity index (χ0v) is 18.9. The van der Waals surface area contributed by atoms with Gasteiger partial charge in [0.25, 0.3) is 0 Å². The number of benzene rings is 1. The van der Waals surface area contributed by atoms with Crippen molar-refractivity contribution >= 4 is 11.9 Å². The topological polar surface area (TPSA) is 84.0 Å². The van der Waals surface area contributed by atoms with E-state index in [1.165, 1.54) is 0 Å². The highest BCUT2D eigenvalue weighted by molar-refractivity contribution is 5.81. The Bertz CT molecular complexity index is 687. The van der Waals surface area contributed by atoms with E-state index in [4.69, 9.17) is 9.47 Å². The van der Waals surface area contributed by atoms with E-state index in [0.717, 1.165) is 49.5 Å². The summed E-state index contributed by atoms with van der Waals surface area (Å²) >= 11 is 0. The third-order valence-corrected chi connectivity index (χ3v) is 5.14. The summed E-state index contributed by atoms with van der Waals surface area (Å²) in [5.74, 6) is 2.10. The van der Waals surface area contributed by atoms with Gasteiger partial charge in [0, 0.05) is 43.6 Å². The van der Waals surface area contributed by atoms with Crippen LogP contribution in [0.5, 0.6) is 5.75 Å². The summed E-state index contributed by atoms with van der Waals surface area (Å²) in [6.45, 7) is 12.2. The van der Waals surface area contributed by atoms with Crippen molar-refractivity contribution in [1.29, 1.82) is 0 Å². The lowest BCUT2D eigenvalue weighted by atomic mass is 10.1. The molecule has 2 atom stereocenters. The number of amides is 1. The molecule has 1 aliphatic heterocycles. The summed E-state index contributed by atoms with van der Waals surface area (Å²) < 4.78 is 11.6. The van der Waals surface area contributed by atoms with E-state index in [-0.39, 0.29) is 11.9 Å². The zero-order valence-electron chi connectivity index (χ0n) is 18.9. The highest BCUT2D eigenvalue weighted by Crippen LogP contribution is 2.23. The van der Waals surface area contributed by atoms with Gasteiger partial charge in [0.05, 0.1) is 19.8 Å². The lowest BCUT2D eigenvalue weighted by Gasteiger charge is -2.15. The molecule has 1 aromatic carbocycles. The van der Waals surface area contributed by atoms with Gasteiger partial charge >= 0.3 is 0 Å². The van der Waals surface area contributed by atoms with Crippen molar-refractivity contribution in [3.05, 3.63) is 29.3 Å². The third-order valence-electron chi connectivity index (χ3n) is 5.14. The van der Waals surface area contributed by atoms with E-state index in [9.17, 15) is 4.79 Å². The van der Waals surface area contributed by atoms with E-state index in [2.05, 4.69) is 53.0 Å². The first-order valence-electron chi connectivity index (χ1n) is 11.1. The highest BCUT2D eigenvalue weighted by atomic mass is 16.5. The number of guanidine groups is 1. The molecule has 0 aliphatic carbocycles. The van der Waals surface area contributed by atoms with Crippen molar-refractivity contribution in [2.24, 2.45) is 10.9 Å². The number of ether oxygens (including phenoxy) is 2. The quantitative estimate of drug-likeness (QED) is 0.380. The molecule has 3 N–H and O–H groups in total. The van der Waals surface area contributed by atoms with Gasteiger partial charge in [-0.2, -0.15) is 0 Å². The second-order valence-corrected chi connectivity index (χ2v) is 7.90. The Kier molecular flexibility index (Phi) is 10.5. The molecule has 1 aromatic rings. The summed E-state index contributed by atoms with van der Waals surface area (Å²) in [7, 11) is 0. The highest BCUT2D eigenvalue weighted by Gasteiger charge is 2.17. The molecule has 1 amide bonds. The molecule has 1 aliphatic rings. The molecule has 1 heterocycles. The second kappa shape index (κ2) is 13.1. The predicted octanol–water partition coefficient (Wildman–Crippen LogP) is 2.77. The number of aryl methyl sites for hydroxylation is 1. The minimum absolute atomic E-state index is 0.0535. The third kappa shape index (κ3) is 8.61. The predicted molar refractivity (Wildman–Crippen MR) is 121 cm³/mol. The Morgan fingerprint density at radius 3 is 2.87 bits per heavy atom. The maximum Gasteiger partial charge on any atom is 0.221 e. The van der Waals surface area contributed by atoms with Gasteiger partial charge in [-0.1, -0.05) is 19.1 Å². The van der Waals surface area contributed by atoms with Crippen LogP contribution < -0.4 is 20.7 Å². The number of aliphatic imine (C=N–C) groups is 1. The Balaban J connectivity index is 1.91. The van der Waals surface area contributed by atoms with Crippen LogP contribution in [-0.2, 0) is 16.1 Å². The van der Waals surface area contributed by atoms with E-state index < -0.39 is 0 Å². The van der Waals surface area contributed by atoms with Crippen LogP contribution in [-0.4, -0.2) is 50.8 Å². The van der Waals surface area contributed by atoms with Crippen molar-refractivity contribution in [3.8, 4) is 5.75 Å². The van der Waals surface area contributed by atoms with Crippen LogP contribution >= 0.6 is 0 Å². The number of nitrogens with one attached hydrogen (secondary N) is 3. The van der Waals surface area contributed by atoms with Gasteiger partial charge in [0.1, 0.15) is 5.75 Å². The number of carbonyl (C=O) groups is 1. The molecule has 0 radical (unpaired) electrons. The maximum absolute atomic E-state index is 12.0. The number of carbonyl (C=O) groups excluding carboxylic acids is 1. The van der Waals surface area contributed by atoms with Crippen LogP contribution in [0.2, 0.25) is 0 Å². The van der Waals surface area contributed by atoms with Crippen molar-refractivity contribution < 1.29 is 14.3 Å². The molecule has 0 saturated carbocycles.